The van der Waals surface area contributed by atoms with Crippen LogP contribution in [0.3, 0.4) is 0 Å². The van der Waals surface area contributed by atoms with E-state index in [1.807, 2.05) is 0 Å². The molecule has 0 saturated heterocycles. The minimum Gasteiger partial charge on any atom is -0.382 e. The molecule has 0 aliphatic carbocycles. The molecule has 0 aromatic carbocycles. The Hall–Kier alpha value is -3.79. The molecule has 11 heteroatoms. The van der Waals surface area contributed by atoms with Crippen LogP contribution in [0.2, 0.25) is 5.02 Å². The maximum Gasteiger partial charge on any atom is 0.284 e. The van der Waals surface area contributed by atoms with Crippen LogP contribution >= 0.6 is 11.6 Å². The zero-order chi connectivity index (χ0) is 19.3. The summed E-state index contributed by atoms with van der Waals surface area (Å²) in [6.07, 6.45) is 7.82. The van der Waals surface area contributed by atoms with Crippen LogP contribution in [0.1, 0.15) is 5.82 Å². The van der Waals surface area contributed by atoms with Crippen LogP contribution in [0.15, 0.2) is 54.2 Å². The van der Waals surface area contributed by atoms with Crippen molar-refractivity contribution in [3.05, 3.63) is 70.6 Å². The van der Waals surface area contributed by atoms with Gasteiger partial charge in [0.05, 0.1) is 23.6 Å². The van der Waals surface area contributed by atoms with Crippen molar-refractivity contribution in [2.24, 2.45) is 0 Å². The van der Waals surface area contributed by atoms with Gasteiger partial charge in [-0.25, -0.2) is 19.5 Å². The first kappa shape index (κ1) is 16.4. The van der Waals surface area contributed by atoms with Gasteiger partial charge in [0.2, 0.25) is 0 Å². The third-order valence-corrected chi connectivity index (χ3v) is 4.67. The monoisotopic (exact) mass is 393 g/mol. The molecule has 138 valence electrons. The topological polar surface area (TPSA) is 122 Å². The molecule has 5 aromatic rings. The molecular formula is C17H12ClN9O. The zero-order valence-electron chi connectivity index (χ0n) is 14.3. The normalized spacial score (nSPS) is 11.5. The van der Waals surface area contributed by atoms with E-state index in [0.29, 0.717) is 33.2 Å². The lowest BCUT2D eigenvalue weighted by atomic mass is 10.3. The van der Waals surface area contributed by atoms with E-state index in [1.165, 1.54) is 15.4 Å². The van der Waals surface area contributed by atoms with Crippen LogP contribution < -0.4 is 11.3 Å². The van der Waals surface area contributed by atoms with Gasteiger partial charge in [-0.1, -0.05) is 11.6 Å². The largest absolute Gasteiger partial charge is 0.382 e. The number of aromatic nitrogens is 8. The van der Waals surface area contributed by atoms with Gasteiger partial charge in [-0.15, -0.1) is 0 Å². The van der Waals surface area contributed by atoms with Gasteiger partial charge in [0, 0.05) is 18.6 Å². The van der Waals surface area contributed by atoms with Crippen molar-refractivity contribution >= 4 is 34.1 Å². The Balaban J connectivity index is 1.76. The number of rotatable bonds is 3. The molecule has 5 heterocycles. The van der Waals surface area contributed by atoms with E-state index in [4.69, 9.17) is 17.3 Å². The van der Waals surface area contributed by atoms with Crippen molar-refractivity contribution in [2.45, 2.75) is 6.54 Å². The average molecular weight is 394 g/mol. The Morgan fingerprint density at radius 3 is 2.75 bits per heavy atom. The summed E-state index contributed by atoms with van der Waals surface area (Å²) >= 11 is 6.20. The first-order valence-corrected chi connectivity index (χ1v) is 8.62. The van der Waals surface area contributed by atoms with Crippen molar-refractivity contribution in [1.82, 2.24) is 38.7 Å². The molecule has 0 aliphatic rings. The number of hydrogen-bond acceptors (Lipinski definition) is 7. The number of imidazole rings is 1. The molecule has 5 aromatic heterocycles. The third kappa shape index (κ3) is 2.42. The van der Waals surface area contributed by atoms with Crippen LogP contribution in [-0.4, -0.2) is 38.7 Å². The molecule has 2 N–H and O–H groups in total. The van der Waals surface area contributed by atoms with Gasteiger partial charge >= 0.3 is 0 Å². The SMILES string of the molecule is Nc1ncnc2c1ncn2Cc1nn2ccc(Cl)c2c(=O)n1-c1ccncc1. The standard InChI is InChI=1S/C17H12ClN9O/c18-11-3-6-26-14(11)17(28)27(10-1-4-20-5-2-10)12(24-26)7-25-9-23-13-15(19)21-8-22-16(13)25/h1-6,8-9H,7H2,(H2,19,21,22). The molecule has 0 aliphatic heterocycles. The second-order valence-corrected chi connectivity index (χ2v) is 6.43. The summed E-state index contributed by atoms with van der Waals surface area (Å²) < 4.78 is 4.73. The third-order valence-electron chi connectivity index (χ3n) is 4.37. The molecule has 0 saturated carbocycles. The zero-order valence-corrected chi connectivity index (χ0v) is 15.0. The highest BCUT2D eigenvalue weighted by atomic mass is 35.5. The van der Waals surface area contributed by atoms with Gasteiger partial charge in [0.25, 0.3) is 5.56 Å². The second-order valence-electron chi connectivity index (χ2n) is 6.02. The minimum absolute atomic E-state index is 0.232. The quantitative estimate of drug-likeness (QED) is 0.490. The average Bonchev–Trinajstić information content (AvgIpc) is 3.28. The van der Waals surface area contributed by atoms with Gasteiger partial charge in [-0.2, -0.15) is 5.10 Å². The predicted molar refractivity (Wildman–Crippen MR) is 102 cm³/mol. The van der Waals surface area contributed by atoms with Crippen molar-refractivity contribution < 1.29 is 0 Å². The summed E-state index contributed by atoms with van der Waals surface area (Å²) in [6.45, 7) is 0.232. The molecule has 0 bridgehead atoms. The summed E-state index contributed by atoms with van der Waals surface area (Å²) in [6, 6.07) is 5.09. The van der Waals surface area contributed by atoms with Crippen LogP contribution in [0, 0.1) is 0 Å². The van der Waals surface area contributed by atoms with E-state index in [9.17, 15) is 4.79 Å². The fraction of sp³-hybridized carbons (Fsp3) is 0.0588. The number of pyridine rings is 1. The molecule has 0 fully saturated rings. The molecule has 0 radical (unpaired) electrons. The number of anilines is 1. The summed E-state index contributed by atoms with van der Waals surface area (Å²) in [5.74, 6) is 0.753. The van der Waals surface area contributed by atoms with Gasteiger partial charge in [0.15, 0.2) is 17.3 Å². The lowest BCUT2D eigenvalue weighted by molar-refractivity contribution is 0.670. The smallest absolute Gasteiger partial charge is 0.284 e. The summed E-state index contributed by atoms with van der Waals surface area (Å²) in [5, 5.41) is 4.92. The molecule has 0 atom stereocenters. The molecule has 10 nitrogen and oxygen atoms in total. The van der Waals surface area contributed by atoms with Gasteiger partial charge < -0.3 is 10.3 Å². The van der Waals surface area contributed by atoms with Gasteiger partial charge in [-0.05, 0) is 18.2 Å². The Labute approximate surface area is 161 Å². The van der Waals surface area contributed by atoms with Crippen LogP contribution in [0.5, 0.6) is 0 Å². The van der Waals surface area contributed by atoms with E-state index in [2.05, 4.69) is 25.0 Å². The summed E-state index contributed by atoms with van der Waals surface area (Å²) in [5.41, 5.74) is 7.54. The maximum atomic E-state index is 13.2. The second kappa shape index (κ2) is 6.13. The molecule has 0 amide bonds. The lowest BCUT2D eigenvalue weighted by Gasteiger charge is -2.13. The maximum absolute atomic E-state index is 13.2. The minimum atomic E-state index is -0.287. The first-order valence-electron chi connectivity index (χ1n) is 8.24. The highest BCUT2D eigenvalue weighted by molar-refractivity contribution is 6.33. The highest BCUT2D eigenvalue weighted by Gasteiger charge is 2.17. The highest BCUT2D eigenvalue weighted by Crippen LogP contribution is 2.18. The molecule has 5 rings (SSSR count). The molecule has 0 spiro atoms. The number of hydrogen-bond donors (Lipinski definition) is 1. The van der Waals surface area contributed by atoms with Crippen LogP contribution in [0.4, 0.5) is 5.82 Å². The molecule has 0 unspecified atom stereocenters. The molecule has 28 heavy (non-hydrogen) atoms. The fourth-order valence-electron chi connectivity index (χ4n) is 3.10. The van der Waals surface area contributed by atoms with E-state index in [1.54, 1.807) is 47.7 Å². The Morgan fingerprint density at radius 1 is 1.11 bits per heavy atom. The number of nitrogens with two attached hydrogens (primary N) is 1. The number of nitrogen functional groups attached to an aromatic ring is 1. The van der Waals surface area contributed by atoms with E-state index >= 15 is 0 Å². The van der Waals surface area contributed by atoms with Gasteiger partial charge in [0.1, 0.15) is 17.4 Å². The number of fused-ring (bicyclic) bond motifs is 2. The van der Waals surface area contributed by atoms with Crippen molar-refractivity contribution in [2.75, 3.05) is 5.73 Å². The Bertz CT molecular complexity index is 1390. The summed E-state index contributed by atoms with van der Waals surface area (Å²) in [7, 11) is 0. The van der Waals surface area contributed by atoms with Gasteiger partial charge in [-0.3, -0.25) is 14.3 Å². The van der Waals surface area contributed by atoms with Crippen molar-refractivity contribution in [3.8, 4) is 5.69 Å². The first-order chi connectivity index (χ1) is 13.6. The van der Waals surface area contributed by atoms with E-state index in [-0.39, 0.29) is 17.9 Å². The number of nitrogens with zero attached hydrogens (tertiary/aromatic N) is 8. The Morgan fingerprint density at radius 2 is 1.93 bits per heavy atom. The van der Waals surface area contributed by atoms with Crippen LogP contribution in [-0.2, 0) is 6.54 Å². The van der Waals surface area contributed by atoms with Crippen molar-refractivity contribution in [1.29, 1.82) is 0 Å². The molecular weight excluding hydrogens is 382 g/mol. The fourth-order valence-corrected chi connectivity index (χ4v) is 3.33. The lowest BCUT2D eigenvalue weighted by Crippen LogP contribution is -2.27. The van der Waals surface area contributed by atoms with Crippen LogP contribution in [0.25, 0.3) is 22.4 Å². The Kier molecular flexibility index (Phi) is 3.59. The number of halogens is 1. The summed E-state index contributed by atoms with van der Waals surface area (Å²) in [4.78, 5) is 29.7. The van der Waals surface area contributed by atoms with E-state index in [0.717, 1.165) is 0 Å². The van der Waals surface area contributed by atoms with Crippen molar-refractivity contribution in [3.63, 3.8) is 0 Å². The van der Waals surface area contributed by atoms with E-state index < -0.39 is 0 Å². The predicted octanol–water partition coefficient (Wildman–Crippen LogP) is 1.30.